The van der Waals surface area contributed by atoms with Crippen molar-refractivity contribution in [3.63, 3.8) is 0 Å². The summed E-state index contributed by atoms with van der Waals surface area (Å²) in [6.07, 6.45) is 0. The van der Waals surface area contributed by atoms with Gasteiger partial charge in [-0.3, -0.25) is 0 Å². The maximum atomic E-state index is 6.22. The monoisotopic (exact) mass is 287 g/mol. The van der Waals surface area contributed by atoms with Crippen LogP contribution in [0.2, 0.25) is 10.2 Å². The fourth-order valence-corrected chi connectivity index (χ4v) is 2.59. The zero-order chi connectivity index (χ0) is 13.4. The number of fused-ring (bicyclic) bond motifs is 1. The quantitative estimate of drug-likeness (QED) is 0.537. The molecule has 94 valence electrons. The predicted molar refractivity (Wildman–Crippen MR) is 81.9 cm³/mol. The lowest BCUT2D eigenvalue weighted by Gasteiger charge is -2.06. The molecule has 0 saturated heterocycles. The molecular formula is C16H11Cl2N. The minimum atomic E-state index is 0.417. The fraction of sp³-hybridized carbons (Fsp3) is 0.0625. The standard InChI is InChI=1S/C16H11Cl2N/c1-10-2-4-11(5-3-10)12-6-7-15-13(8-12)14(17)9-16(18)19-15/h2-9H,1H3. The van der Waals surface area contributed by atoms with Crippen molar-refractivity contribution < 1.29 is 0 Å². The SMILES string of the molecule is Cc1ccc(-c2ccc3nc(Cl)cc(Cl)c3c2)cc1. The molecule has 1 aromatic heterocycles. The molecule has 0 bridgehead atoms. The van der Waals surface area contributed by atoms with Gasteiger partial charge in [-0.25, -0.2) is 4.98 Å². The molecule has 2 aromatic carbocycles. The summed E-state index contributed by atoms with van der Waals surface area (Å²) < 4.78 is 0. The Bertz CT molecular complexity index is 749. The number of halogens is 2. The van der Waals surface area contributed by atoms with Crippen LogP contribution in [0.5, 0.6) is 0 Å². The number of nitrogens with zero attached hydrogens (tertiary/aromatic N) is 1. The van der Waals surface area contributed by atoms with Crippen molar-refractivity contribution in [1.29, 1.82) is 0 Å². The molecule has 0 saturated carbocycles. The number of rotatable bonds is 1. The predicted octanol–water partition coefficient (Wildman–Crippen LogP) is 5.52. The van der Waals surface area contributed by atoms with Gasteiger partial charge < -0.3 is 0 Å². The van der Waals surface area contributed by atoms with E-state index >= 15 is 0 Å². The summed E-state index contributed by atoms with van der Waals surface area (Å²) in [5, 5.41) is 1.97. The van der Waals surface area contributed by atoms with Crippen LogP contribution in [0.4, 0.5) is 0 Å². The molecule has 0 N–H and O–H groups in total. The molecule has 0 aliphatic carbocycles. The maximum absolute atomic E-state index is 6.22. The van der Waals surface area contributed by atoms with E-state index in [1.165, 1.54) is 11.1 Å². The zero-order valence-electron chi connectivity index (χ0n) is 10.3. The second-order valence-electron chi connectivity index (χ2n) is 4.52. The molecule has 0 spiro atoms. The van der Waals surface area contributed by atoms with E-state index in [9.17, 15) is 0 Å². The molecule has 1 nitrogen and oxygen atoms in total. The first kappa shape index (κ1) is 12.5. The van der Waals surface area contributed by atoms with Gasteiger partial charge in [0.2, 0.25) is 0 Å². The van der Waals surface area contributed by atoms with E-state index < -0.39 is 0 Å². The number of aryl methyl sites for hydroxylation is 1. The van der Waals surface area contributed by atoms with Gasteiger partial charge in [0.05, 0.1) is 10.5 Å². The van der Waals surface area contributed by atoms with E-state index in [0.717, 1.165) is 16.5 Å². The van der Waals surface area contributed by atoms with Crippen LogP contribution in [-0.4, -0.2) is 4.98 Å². The summed E-state index contributed by atoms with van der Waals surface area (Å²) in [6.45, 7) is 2.08. The molecule has 0 radical (unpaired) electrons. The lowest BCUT2D eigenvalue weighted by molar-refractivity contribution is 1.41. The maximum Gasteiger partial charge on any atom is 0.131 e. The summed E-state index contributed by atoms with van der Waals surface area (Å²) >= 11 is 12.1. The first-order valence-electron chi connectivity index (χ1n) is 5.96. The molecule has 3 aromatic rings. The van der Waals surface area contributed by atoms with Gasteiger partial charge in [-0.15, -0.1) is 0 Å². The van der Waals surface area contributed by atoms with E-state index in [-0.39, 0.29) is 0 Å². The minimum absolute atomic E-state index is 0.417. The Kier molecular flexibility index (Phi) is 3.17. The normalized spacial score (nSPS) is 10.9. The largest absolute Gasteiger partial charge is 0.236 e. The first-order valence-corrected chi connectivity index (χ1v) is 6.72. The van der Waals surface area contributed by atoms with Gasteiger partial charge in [0.25, 0.3) is 0 Å². The molecule has 1 heterocycles. The smallest absolute Gasteiger partial charge is 0.131 e. The van der Waals surface area contributed by atoms with E-state index in [1.54, 1.807) is 6.07 Å². The Hall–Kier alpha value is -1.57. The van der Waals surface area contributed by atoms with E-state index in [2.05, 4.69) is 36.2 Å². The summed E-state index contributed by atoms with van der Waals surface area (Å²) in [6, 6.07) is 16.1. The van der Waals surface area contributed by atoms with Gasteiger partial charge >= 0.3 is 0 Å². The molecule has 0 aliphatic heterocycles. The van der Waals surface area contributed by atoms with Crippen LogP contribution in [0.1, 0.15) is 5.56 Å². The van der Waals surface area contributed by atoms with Crippen LogP contribution in [0, 0.1) is 6.92 Å². The van der Waals surface area contributed by atoms with Gasteiger partial charge in [0.15, 0.2) is 0 Å². The van der Waals surface area contributed by atoms with Crippen LogP contribution in [0.3, 0.4) is 0 Å². The van der Waals surface area contributed by atoms with E-state index in [1.807, 2.05) is 18.2 Å². The van der Waals surface area contributed by atoms with Crippen LogP contribution >= 0.6 is 23.2 Å². The third kappa shape index (κ3) is 2.44. The lowest BCUT2D eigenvalue weighted by atomic mass is 10.0. The van der Waals surface area contributed by atoms with Gasteiger partial charge in [-0.2, -0.15) is 0 Å². The topological polar surface area (TPSA) is 12.9 Å². The van der Waals surface area contributed by atoms with E-state index in [4.69, 9.17) is 23.2 Å². The Morgan fingerprint density at radius 1 is 0.842 bits per heavy atom. The van der Waals surface area contributed by atoms with Gasteiger partial charge in [-0.1, -0.05) is 59.1 Å². The van der Waals surface area contributed by atoms with Crippen molar-refractivity contribution in [3.8, 4) is 11.1 Å². The highest BCUT2D eigenvalue weighted by atomic mass is 35.5. The summed E-state index contributed by atoms with van der Waals surface area (Å²) in [7, 11) is 0. The molecule has 3 rings (SSSR count). The third-order valence-electron chi connectivity index (χ3n) is 3.11. The van der Waals surface area contributed by atoms with E-state index in [0.29, 0.717) is 10.2 Å². The number of benzene rings is 2. The Morgan fingerprint density at radius 2 is 1.53 bits per heavy atom. The van der Waals surface area contributed by atoms with Crippen molar-refractivity contribution >= 4 is 34.1 Å². The van der Waals surface area contributed by atoms with Crippen molar-refractivity contribution in [2.75, 3.05) is 0 Å². The zero-order valence-corrected chi connectivity index (χ0v) is 11.8. The molecule has 19 heavy (non-hydrogen) atoms. The van der Waals surface area contributed by atoms with Gasteiger partial charge in [-0.05, 0) is 36.2 Å². The fourth-order valence-electron chi connectivity index (χ4n) is 2.08. The molecule has 0 aliphatic rings. The van der Waals surface area contributed by atoms with Gasteiger partial charge in [0.1, 0.15) is 5.15 Å². The Labute approximate surface area is 121 Å². The van der Waals surface area contributed by atoms with Crippen molar-refractivity contribution in [2.45, 2.75) is 6.92 Å². The summed E-state index contributed by atoms with van der Waals surface area (Å²) in [5.74, 6) is 0. The van der Waals surface area contributed by atoms with Crippen LogP contribution < -0.4 is 0 Å². The molecule has 0 amide bonds. The highest BCUT2D eigenvalue weighted by molar-refractivity contribution is 6.37. The van der Waals surface area contributed by atoms with Gasteiger partial charge in [0, 0.05) is 5.39 Å². The lowest BCUT2D eigenvalue weighted by Crippen LogP contribution is -1.84. The summed E-state index contributed by atoms with van der Waals surface area (Å²) in [5.41, 5.74) is 4.35. The molecule has 0 unspecified atom stereocenters. The minimum Gasteiger partial charge on any atom is -0.236 e. The first-order chi connectivity index (χ1) is 9.13. The molecule has 0 fully saturated rings. The van der Waals surface area contributed by atoms with Crippen LogP contribution in [-0.2, 0) is 0 Å². The van der Waals surface area contributed by atoms with Crippen LogP contribution in [0.15, 0.2) is 48.5 Å². The van der Waals surface area contributed by atoms with Crippen molar-refractivity contribution in [1.82, 2.24) is 4.98 Å². The highest BCUT2D eigenvalue weighted by Gasteiger charge is 2.05. The Morgan fingerprint density at radius 3 is 2.26 bits per heavy atom. The second kappa shape index (κ2) is 4.84. The second-order valence-corrected chi connectivity index (χ2v) is 5.32. The highest BCUT2D eigenvalue weighted by Crippen LogP contribution is 2.29. The third-order valence-corrected chi connectivity index (χ3v) is 3.62. The van der Waals surface area contributed by atoms with Crippen LogP contribution in [0.25, 0.3) is 22.0 Å². The Balaban J connectivity index is 2.19. The van der Waals surface area contributed by atoms with Crippen molar-refractivity contribution in [2.24, 2.45) is 0 Å². The molecule has 3 heteroatoms. The average molecular weight is 288 g/mol. The molecular weight excluding hydrogens is 277 g/mol. The summed E-state index contributed by atoms with van der Waals surface area (Å²) in [4.78, 5) is 4.27. The number of pyridine rings is 1. The average Bonchev–Trinajstić information content (AvgIpc) is 2.39. The number of hydrogen-bond acceptors (Lipinski definition) is 1. The van der Waals surface area contributed by atoms with Crippen molar-refractivity contribution in [3.05, 3.63) is 64.3 Å². The number of aromatic nitrogens is 1. The number of hydrogen-bond donors (Lipinski definition) is 0. The molecule has 0 atom stereocenters.